The van der Waals surface area contributed by atoms with Crippen molar-refractivity contribution >= 4 is 11.3 Å². The van der Waals surface area contributed by atoms with Crippen molar-refractivity contribution in [3.05, 3.63) is 21.9 Å². The van der Waals surface area contributed by atoms with Crippen molar-refractivity contribution in [1.82, 2.24) is 4.90 Å². The van der Waals surface area contributed by atoms with E-state index < -0.39 is 0 Å². The van der Waals surface area contributed by atoms with E-state index in [0.717, 1.165) is 13.1 Å². The van der Waals surface area contributed by atoms with Crippen LogP contribution >= 0.6 is 11.3 Å². The Bertz CT molecular complexity index is 381. The lowest BCUT2D eigenvalue weighted by Crippen LogP contribution is -2.50. The van der Waals surface area contributed by atoms with E-state index in [1.807, 2.05) is 11.3 Å². The second-order valence-corrected chi connectivity index (χ2v) is 6.43. The molecule has 2 unspecified atom stereocenters. The zero-order valence-electron chi connectivity index (χ0n) is 11.7. The number of hydrogen-bond acceptors (Lipinski definition) is 4. The molecule has 0 aromatic carbocycles. The minimum absolute atomic E-state index is 0.139. The normalized spacial score (nSPS) is 29.2. The molecule has 1 aliphatic rings. The number of morpholine rings is 1. The average Bonchev–Trinajstić information content (AvgIpc) is 2.63. The van der Waals surface area contributed by atoms with Crippen LogP contribution in [0.1, 0.15) is 37.3 Å². The third-order valence-corrected chi connectivity index (χ3v) is 4.60. The fourth-order valence-corrected chi connectivity index (χ4v) is 4.05. The van der Waals surface area contributed by atoms with E-state index in [1.165, 1.54) is 10.4 Å². The first-order valence-electron chi connectivity index (χ1n) is 6.68. The van der Waals surface area contributed by atoms with Crippen LogP contribution in [0.25, 0.3) is 0 Å². The number of aryl methyl sites for hydroxylation is 1. The molecule has 2 rings (SSSR count). The van der Waals surface area contributed by atoms with E-state index in [0.29, 0.717) is 6.04 Å². The molecule has 0 amide bonds. The molecule has 4 atom stereocenters. The van der Waals surface area contributed by atoms with Gasteiger partial charge in [-0.05, 0) is 44.7 Å². The molecule has 18 heavy (non-hydrogen) atoms. The Hall–Kier alpha value is -0.420. The number of rotatable bonds is 3. The molecule has 3 nitrogen and oxygen atoms in total. The fourth-order valence-electron chi connectivity index (χ4n) is 2.87. The average molecular weight is 268 g/mol. The second kappa shape index (κ2) is 5.70. The van der Waals surface area contributed by atoms with Gasteiger partial charge in [0.15, 0.2) is 0 Å². The minimum atomic E-state index is 0.139. The molecule has 1 fully saturated rings. The molecular formula is C14H24N2OS. The largest absolute Gasteiger partial charge is 0.373 e. The number of nitrogens with zero attached hydrogens (tertiary/aromatic N) is 1. The molecule has 0 saturated carbocycles. The van der Waals surface area contributed by atoms with Crippen LogP contribution in [0, 0.1) is 6.92 Å². The highest BCUT2D eigenvalue weighted by Crippen LogP contribution is 2.32. The van der Waals surface area contributed by atoms with E-state index in [2.05, 4.69) is 44.0 Å². The van der Waals surface area contributed by atoms with E-state index in [1.54, 1.807) is 0 Å². The van der Waals surface area contributed by atoms with Crippen LogP contribution in [0.3, 0.4) is 0 Å². The van der Waals surface area contributed by atoms with Gasteiger partial charge >= 0.3 is 0 Å². The van der Waals surface area contributed by atoms with Crippen LogP contribution in [-0.4, -0.2) is 36.2 Å². The molecular weight excluding hydrogens is 244 g/mol. The molecule has 2 heterocycles. The number of hydrogen-bond donors (Lipinski definition) is 1. The van der Waals surface area contributed by atoms with Gasteiger partial charge in [-0.2, -0.15) is 0 Å². The van der Waals surface area contributed by atoms with Gasteiger partial charge in [0.1, 0.15) is 0 Å². The summed E-state index contributed by atoms with van der Waals surface area (Å²) in [4.78, 5) is 3.90. The van der Waals surface area contributed by atoms with E-state index in [-0.39, 0.29) is 18.2 Å². The predicted molar refractivity (Wildman–Crippen MR) is 77.0 cm³/mol. The zero-order chi connectivity index (χ0) is 13.3. The highest BCUT2D eigenvalue weighted by molar-refractivity contribution is 7.10. The van der Waals surface area contributed by atoms with Crippen molar-refractivity contribution in [2.45, 2.75) is 52.0 Å². The lowest BCUT2D eigenvalue weighted by Gasteiger charge is -2.41. The molecule has 102 valence electrons. The van der Waals surface area contributed by atoms with Gasteiger partial charge < -0.3 is 10.5 Å². The van der Waals surface area contributed by atoms with Crippen molar-refractivity contribution < 1.29 is 4.74 Å². The van der Waals surface area contributed by atoms with Gasteiger partial charge in [0, 0.05) is 24.0 Å². The Morgan fingerprint density at radius 3 is 2.44 bits per heavy atom. The van der Waals surface area contributed by atoms with Gasteiger partial charge in [0.25, 0.3) is 0 Å². The van der Waals surface area contributed by atoms with Crippen molar-refractivity contribution in [2.24, 2.45) is 5.73 Å². The molecule has 0 radical (unpaired) electrons. The third-order valence-electron chi connectivity index (χ3n) is 3.51. The van der Waals surface area contributed by atoms with Gasteiger partial charge in [-0.1, -0.05) is 0 Å². The smallest absolute Gasteiger partial charge is 0.0678 e. The standard InChI is InChI=1S/C14H24N2OS/c1-9-5-6-18-14(9)13(12(4)15)16-7-10(2)17-11(3)8-16/h5-6,10-13H,7-8,15H2,1-4H3/t10-,11+,12?,13?. The van der Waals surface area contributed by atoms with Gasteiger partial charge in [-0.25, -0.2) is 0 Å². The van der Waals surface area contributed by atoms with Crippen LogP contribution in [0.15, 0.2) is 11.4 Å². The van der Waals surface area contributed by atoms with Gasteiger partial charge in [0.2, 0.25) is 0 Å². The van der Waals surface area contributed by atoms with Crippen LogP contribution in [-0.2, 0) is 4.74 Å². The van der Waals surface area contributed by atoms with Crippen LogP contribution in [0.4, 0.5) is 0 Å². The molecule has 1 saturated heterocycles. The van der Waals surface area contributed by atoms with E-state index in [4.69, 9.17) is 10.5 Å². The molecule has 0 aliphatic carbocycles. The third kappa shape index (κ3) is 2.94. The molecule has 0 bridgehead atoms. The maximum atomic E-state index is 6.24. The van der Waals surface area contributed by atoms with Gasteiger partial charge in [-0.3, -0.25) is 4.90 Å². The molecule has 2 N–H and O–H groups in total. The summed E-state index contributed by atoms with van der Waals surface area (Å²) in [5, 5.41) is 2.16. The Balaban J connectivity index is 2.23. The molecule has 1 aromatic heterocycles. The zero-order valence-corrected chi connectivity index (χ0v) is 12.5. The first-order valence-corrected chi connectivity index (χ1v) is 7.56. The van der Waals surface area contributed by atoms with Crippen molar-refractivity contribution in [2.75, 3.05) is 13.1 Å². The highest BCUT2D eigenvalue weighted by atomic mass is 32.1. The summed E-state index contributed by atoms with van der Waals surface area (Å²) >= 11 is 1.82. The lowest BCUT2D eigenvalue weighted by molar-refractivity contribution is -0.0827. The second-order valence-electron chi connectivity index (χ2n) is 5.48. The maximum Gasteiger partial charge on any atom is 0.0678 e. The maximum absolute atomic E-state index is 6.24. The summed E-state index contributed by atoms with van der Waals surface area (Å²) in [5.74, 6) is 0. The Morgan fingerprint density at radius 2 is 2.00 bits per heavy atom. The molecule has 4 heteroatoms. The van der Waals surface area contributed by atoms with Crippen LogP contribution < -0.4 is 5.73 Å². The van der Waals surface area contributed by atoms with Crippen LogP contribution in [0.2, 0.25) is 0 Å². The van der Waals surface area contributed by atoms with Crippen LogP contribution in [0.5, 0.6) is 0 Å². The summed E-state index contributed by atoms with van der Waals surface area (Å²) in [5.41, 5.74) is 7.60. The minimum Gasteiger partial charge on any atom is -0.373 e. The van der Waals surface area contributed by atoms with E-state index in [9.17, 15) is 0 Å². The van der Waals surface area contributed by atoms with Crippen molar-refractivity contribution in [3.63, 3.8) is 0 Å². The first kappa shape index (κ1) is 14.0. The Labute approximate surface area is 114 Å². The van der Waals surface area contributed by atoms with Gasteiger partial charge in [-0.15, -0.1) is 11.3 Å². The summed E-state index contributed by atoms with van der Waals surface area (Å²) in [7, 11) is 0. The van der Waals surface area contributed by atoms with Gasteiger partial charge in [0.05, 0.1) is 18.2 Å². The molecule has 0 spiro atoms. The monoisotopic (exact) mass is 268 g/mol. The summed E-state index contributed by atoms with van der Waals surface area (Å²) < 4.78 is 5.81. The Morgan fingerprint density at radius 1 is 1.39 bits per heavy atom. The van der Waals surface area contributed by atoms with Crippen molar-refractivity contribution in [1.29, 1.82) is 0 Å². The predicted octanol–water partition coefficient (Wildman–Crippen LogP) is 2.55. The quantitative estimate of drug-likeness (QED) is 0.915. The lowest BCUT2D eigenvalue weighted by atomic mass is 10.0. The highest BCUT2D eigenvalue weighted by Gasteiger charge is 2.32. The molecule has 1 aromatic rings. The first-order chi connectivity index (χ1) is 8.49. The fraction of sp³-hybridized carbons (Fsp3) is 0.714. The Kier molecular flexibility index (Phi) is 4.43. The summed E-state index contributed by atoms with van der Waals surface area (Å²) in [6, 6.07) is 2.64. The van der Waals surface area contributed by atoms with E-state index >= 15 is 0 Å². The topological polar surface area (TPSA) is 38.5 Å². The molecule has 1 aliphatic heterocycles. The summed E-state index contributed by atoms with van der Waals surface area (Å²) in [6.45, 7) is 10.5. The number of ether oxygens (including phenoxy) is 1. The summed E-state index contributed by atoms with van der Waals surface area (Å²) in [6.07, 6.45) is 0.575. The van der Waals surface area contributed by atoms with Crippen molar-refractivity contribution in [3.8, 4) is 0 Å². The SMILES string of the molecule is Cc1ccsc1C(C(C)N)N1C[C@@H](C)O[C@@H](C)C1. The number of thiophene rings is 1. The number of nitrogens with two attached hydrogens (primary N) is 1.